The largest absolute Gasteiger partial charge is 0.348 e. The van der Waals surface area contributed by atoms with E-state index in [1.165, 1.54) is 12.1 Å². The van der Waals surface area contributed by atoms with Crippen LogP contribution in [0.25, 0.3) is 0 Å². The van der Waals surface area contributed by atoms with Gasteiger partial charge in [0.25, 0.3) is 5.91 Å². The number of hydrogen-bond donors (Lipinski definition) is 3. The zero-order chi connectivity index (χ0) is 16.4. The summed E-state index contributed by atoms with van der Waals surface area (Å²) in [5, 5.41) is 2.90. The van der Waals surface area contributed by atoms with Crippen LogP contribution in [0.5, 0.6) is 0 Å². The molecule has 0 radical (unpaired) electrons. The van der Waals surface area contributed by atoms with Crippen LogP contribution in [0.1, 0.15) is 36.0 Å². The molecule has 2 fully saturated rings. The van der Waals surface area contributed by atoms with Gasteiger partial charge in [-0.25, -0.2) is 13.1 Å². The van der Waals surface area contributed by atoms with Gasteiger partial charge in [0.15, 0.2) is 0 Å². The van der Waals surface area contributed by atoms with Crippen LogP contribution in [0.4, 0.5) is 0 Å². The summed E-state index contributed by atoms with van der Waals surface area (Å²) in [6, 6.07) is 6.11. The van der Waals surface area contributed by atoms with Gasteiger partial charge in [-0.3, -0.25) is 4.79 Å². The van der Waals surface area contributed by atoms with Crippen molar-refractivity contribution in [2.75, 3.05) is 13.1 Å². The van der Waals surface area contributed by atoms with Gasteiger partial charge in [0.2, 0.25) is 10.0 Å². The Labute approximate surface area is 136 Å². The molecule has 3 rings (SSSR count). The molecule has 6 nitrogen and oxygen atoms in total. The molecule has 0 spiro atoms. The average Bonchev–Trinajstić information content (AvgIpc) is 3.43. The SMILES string of the molecule is NCC(NC(=O)c1cccc(S(=O)(=O)NCC2CC2)c1)C1CC1. The average molecular weight is 337 g/mol. The van der Waals surface area contributed by atoms with E-state index in [1.807, 2.05) is 0 Å². The summed E-state index contributed by atoms with van der Waals surface area (Å²) in [7, 11) is -3.56. The minimum absolute atomic E-state index is 0.0317. The minimum atomic E-state index is -3.56. The number of amides is 1. The fourth-order valence-corrected chi connectivity index (χ4v) is 3.72. The van der Waals surface area contributed by atoms with E-state index in [0.717, 1.165) is 25.7 Å². The van der Waals surface area contributed by atoms with Crippen LogP contribution < -0.4 is 15.8 Å². The molecule has 0 aliphatic heterocycles. The molecule has 1 amide bonds. The van der Waals surface area contributed by atoms with Crippen molar-refractivity contribution >= 4 is 15.9 Å². The minimum Gasteiger partial charge on any atom is -0.348 e. The Bertz CT molecular complexity index is 682. The standard InChI is InChI=1S/C16H23N3O3S/c17-9-15(12-6-7-12)19-16(20)13-2-1-3-14(8-13)23(21,22)18-10-11-4-5-11/h1-3,8,11-12,15,18H,4-7,9-10,17H2,(H,19,20). The Morgan fingerprint density at radius 2 is 2.00 bits per heavy atom. The van der Waals surface area contributed by atoms with Gasteiger partial charge in [-0.2, -0.15) is 0 Å². The first-order chi connectivity index (χ1) is 11.0. The fraction of sp³-hybridized carbons (Fsp3) is 0.562. The van der Waals surface area contributed by atoms with Crippen LogP contribution in [0.3, 0.4) is 0 Å². The summed E-state index contributed by atoms with van der Waals surface area (Å²) in [6.07, 6.45) is 4.32. The van der Waals surface area contributed by atoms with Gasteiger partial charge in [-0.05, 0) is 55.7 Å². The van der Waals surface area contributed by atoms with E-state index in [-0.39, 0.29) is 16.8 Å². The van der Waals surface area contributed by atoms with Gasteiger partial charge < -0.3 is 11.1 Å². The van der Waals surface area contributed by atoms with E-state index in [9.17, 15) is 13.2 Å². The molecule has 1 aromatic rings. The predicted molar refractivity (Wildman–Crippen MR) is 87.4 cm³/mol. The van der Waals surface area contributed by atoms with Crippen molar-refractivity contribution in [3.8, 4) is 0 Å². The Balaban J connectivity index is 1.69. The van der Waals surface area contributed by atoms with Crippen LogP contribution in [0.2, 0.25) is 0 Å². The highest BCUT2D eigenvalue weighted by atomic mass is 32.2. The van der Waals surface area contributed by atoms with Crippen LogP contribution in [0, 0.1) is 11.8 Å². The number of nitrogens with one attached hydrogen (secondary N) is 2. The van der Waals surface area contributed by atoms with E-state index < -0.39 is 10.0 Å². The Morgan fingerprint density at radius 3 is 2.61 bits per heavy atom. The van der Waals surface area contributed by atoms with Gasteiger partial charge >= 0.3 is 0 Å². The van der Waals surface area contributed by atoms with Gasteiger partial charge in [-0.15, -0.1) is 0 Å². The summed E-state index contributed by atoms with van der Waals surface area (Å²) in [4.78, 5) is 12.4. The van der Waals surface area contributed by atoms with Crippen molar-refractivity contribution < 1.29 is 13.2 Å². The zero-order valence-corrected chi connectivity index (χ0v) is 13.8. The maximum Gasteiger partial charge on any atom is 0.251 e. The van der Waals surface area contributed by atoms with Crippen molar-refractivity contribution in [3.05, 3.63) is 29.8 Å². The Kier molecular flexibility index (Phi) is 4.70. The second-order valence-corrected chi connectivity index (χ2v) is 8.24. The van der Waals surface area contributed by atoms with E-state index in [4.69, 9.17) is 5.73 Å². The molecule has 4 N–H and O–H groups in total. The molecular weight excluding hydrogens is 314 g/mol. The van der Waals surface area contributed by atoms with Gasteiger partial charge in [0.05, 0.1) is 4.90 Å². The first kappa shape index (κ1) is 16.4. The summed E-state index contributed by atoms with van der Waals surface area (Å²) in [6.45, 7) is 0.868. The van der Waals surface area contributed by atoms with Crippen LogP contribution >= 0.6 is 0 Å². The van der Waals surface area contributed by atoms with Crippen LogP contribution in [-0.2, 0) is 10.0 Å². The number of rotatable bonds is 8. The van der Waals surface area contributed by atoms with Gasteiger partial charge in [0, 0.05) is 24.7 Å². The van der Waals surface area contributed by atoms with Crippen LogP contribution in [0.15, 0.2) is 29.2 Å². The lowest BCUT2D eigenvalue weighted by atomic mass is 10.1. The van der Waals surface area contributed by atoms with Crippen molar-refractivity contribution in [1.29, 1.82) is 0 Å². The van der Waals surface area contributed by atoms with Gasteiger partial charge in [0.1, 0.15) is 0 Å². The van der Waals surface area contributed by atoms with E-state index in [1.54, 1.807) is 12.1 Å². The first-order valence-corrected chi connectivity index (χ1v) is 9.58. The maximum absolute atomic E-state index is 12.3. The number of hydrogen-bond acceptors (Lipinski definition) is 4. The lowest BCUT2D eigenvalue weighted by molar-refractivity contribution is 0.0933. The molecule has 1 aromatic carbocycles. The predicted octanol–water partition coefficient (Wildman–Crippen LogP) is 0.842. The molecular formula is C16H23N3O3S. The summed E-state index contributed by atoms with van der Waals surface area (Å²) >= 11 is 0. The Hall–Kier alpha value is -1.44. The molecule has 2 saturated carbocycles. The monoisotopic (exact) mass is 337 g/mol. The second kappa shape index (κ2) is 6.59. The maximum atomic E-state index is 12.3. The lowest BCUT2D eigenvalue weighted by Crippen LogP contribution is -2.41. The Morgan fingerprint density at radius 1 is 1.26 bits per heavy atom. The molecule has 2 aliphatic carbocycles. The quantitative estimate of drug-likeness (QED) is 0.654. The molecule has 0 heterocycles. The fourth-order valence-electron chi connectivity index (χ4n) is 2.56. The third kappa shape index (κ3) is 4.31. The number of nitrogens with two attached hydrogens (primary N) is 1. The summed E-state index contributed by atoms with van der Waals surface area (Å²) in [5.41, 5.74) is 6.04. The third-order valence-electron chi connectivity index (χ3n) is 4.43. The van der Waals surface area contributed by atoms with Crippen molar-refractivity contribution in [2.24, 2.45) is 17.6 Å². The van der Waals surface area contributed by atoms with E-state index in [0.29, 0.717) is 30.5 Å². The molecule has 126 valence electrons. The molecule has 1 atom stereocenters. The normalized spacial score (nSPS) is 19.3. The van der Waals surface area contributed by atoms with Crippen molar-refractivity contribution in [3.63, 3.8) is 0 Å². The van der Waals surface area contributed by atoms with Crippen molar-refractivity contribution in [1.82, 2.24) is 10.0 Å². The lowest BCUT2D eigenvalue weighted by Gasteiger charge is -2.16. The number of carbonyl (C=O) groups excluding carboxylic acids is 1. The molecule has 0 aromatic heterocycles. The van der Waals surface area contributed by atoms with Crippen molar-refractivity contribution in [2.45, 2.75) is 36.6 Å². The zero-order valence-electron chi connectivity index (χ0n) is 13.0. The topological polar surface area (TPSA) is 101 Å². The second-order valence-electron chi connectivity index (χ2n) is 6.48. The number of benzene rings is 1. The highest BCUT2D eigenvalue weighted by Gasteiger charge is 2.31. The highest BCUT2D eigenvalue weighted by molar-refractivity contribution is 7.89. The highest BCUT2D eigenvalue weighted by Crippen LogP contribution is 2.32. The van der Waals surface area contributed by atoms with E-state index in [2.05, 4.69) is 10.0 Å². The summed E-state index contributed by atoms with van der Waals surface area (Å²) < 4.78 is 27.2. The van der Waals surface area contributed by atoms with E-state index >= 15 is 0 Å². The van der Waals surface area contributed by atoms with Gasteiger partial charge in [-0.1, -0.05) is 6.07 Å². The number of carbonyl (C=O) groups is 1. The smallest absolute Gasteiger partial charge is 0.251 e. The molecule has 1 unspecified atom stereocenters. The van der Waals surface area contributed by atoms with Crippen LogP contribution in [-0.4, -0.2) is 33.5 Å². The molecule has 7 heteroatoms. The first-order valence-electron chi connectivity index (χ1n) is 8.10. The molecule has 0 bridgehead atoms. The molecule has 0 saturated heterocycles. The number of sulfonamides is 1. The molecule has 23 heavy (non-hydrogen) atoms. The third-order valence-corrected chi connectivity index (χ3v) is 5.85. The summed E-state index contributed by atoms with van der Waals surface area (Å²) in [5.74, 6) is 0.641. The molecule has 2 aliphatic rings.